The van der Waals surface area contributed by atoms with Gasteiger partial charge in [-0.15, -0.1) is 0 Å². The van der Waals surface area contributed by atoms with Crippen molar-refractivity contribution in [2.75, 3.05) is 7.05 Å². The lowest BCUT2D eigenvalue weighted by molar-refractivity contribution is -0.124. The molecule has 0 aromatic carbocycles. The zero-order valence-electron chi connectivity index (χ0n) is 8.46. The van der Waals surface area contributed by atoms with Gasteiger partial charge in [0, 0.05) is 12.3 Å². The number of carbonyl (C=O) groups is 2. The van der Waals surface area contributed by atoms with Crippen LogP contribution in [0.4, 0.5) is 0 Å². The van der Waals surface area contributed by atoms with Gasteiger partial charge in [-0.3, -0.25) is 9.59 Å². The van der Waals surface area contributed by atoms with Crippen molar-refractivity contribution in [2.45, 2.75) is 32.7 Å². The lowest BCUT2D eigenvalue weighted by atomic mass is 9.98. The maximum Gasteiger partial charge on any atom is 0.217 e. The number of likely N-dealkylation sites (N-methyl/N-ethyl adjacent to an activating group) is 1. The van der Waals surface area contributed by atoms with E-state index in [0.29, 0.717) is 6.42 Å². The molecule has 0 aromatic heterocycles. The zero-order valence-corrected chi connectivity index (χ0v) is 8.46. The summed E-state index contributed by atoms with van der Waals surface area (Å²) in [5.74, 6) is -0.245. The summed E-state index contributed by atoms with van der Waals surface area (Å²) < 4.78 is 0. The summed E-state index contributed by atoms with van der Waals surface area (Å²) in [6, 6.07) is -0.243. The van der Waals surface area contributed by atoms with Crippen LogP contribution in [0.3, 0.4) is 0 Å². The summed E-state index contributed by atoms with van der Waals surface area (Å²) in [7, 11) is 1.71. The zero-order chi connectivity index (χ0) is 10.4. The average molecular weight is 186 g/mol. The van der Waals surface area contributed by atoms with E-state index in [1.807, 2.05) is 13.8 Å². The Hall–Kier alpha value is -0.900. The minimum Gasteiger partial charge on any atom is -0.370 e. The van der Waals surface area contributed by atoms with Crippen molar-refractivity contribution < 1.29 is 9.59 Å². The Labute approximate surface area is 78.9 Å². The van der Waals surface area contributed by atoms with E-state index in [-0.39, 0.29) is 30.1 Å². The van der Waals surface area contributed by atoms with Crippen molar-refractivity contribution in [1.29, 1.82) is 0 Å². The molecule has 4 nitrogen and oxygen atoms in total. The first-order chi connectivity index (χ1) is 5.99. The topological polar surface area (TPSA) is 72.2 Å². The molecule has 0 heterocycles. The third-order valence-electron chi connectivity index (χ3n) is 1.94. The summed E-state index contributed by atoms with van der Waals surface area (Å²) >= 11 is 0. The van der Waals surface area contributed by atoms with Gasteiger partial charge in [-0.1, -0.05) is 13.8 Å². The Kier molecular flexibility index (Phi) is 5.30. The molecule has 0 fully saturated rings. The first-order valence-electron chi connectivity index (χ1n) is 4.48. The molecular weight excluding hydrogens is 168 g/mol. The van der Waals surface area contributed by atoms with Gasteiger partial charge >= 0.3 is 0 Å². The molecule has 0 saturated carbocycles. The molecule has 76 valence electrons. The van der Waals surface area contributed by atoms with E-state index >= 15 is 0 Å². The first kappa shape index (κ1) is 12.1. The fraction of sp³-hybridized carbons (Fsp3) is 0.778. The van der Waals surface area contributed by atoms with Crippen LogP contribution in [-0.2, 0) is 9.59 Å². The van der Waals surface area contributed by atoms with Crippen molar-refractivity contribution in [3.63, 3.8) is 0 Å². The molecule has 0 radical (unpaired) electrons. The number of rotatable bonds is 6. The number of amides is 1. The number of ketones is 1. The van der Waals surface area contributed by atoms with Gasteiger partial charge in [0.15, 0.2) is 5.78 Å². The molecule has 3 N–H and O–H groups in total. The lowest BCUT2D eigenvalue weighted by Crippen LogP contribution is -2.37. The van der Waals surface area contributed by atoms with E-state index in [9.17, 15) is 9.59 Å². The SMILES string of the molecule is CN[C@@H](CCC(N)=O)C(=O)C(C)C. The molecule has 0 aliphatic rings. The van der Waals surface area contributed by atoms with Gasteiger partial charge in [-0.25, -0.2) is 0 Å². The molecule has 1 amide bonds. The van der Waals surface area contributed by atoms with Crippen molar-refractivity contribution >= 4 is 11.7 Å². The number of Topliss-reactive ketones (excluding diaryl/α,β-unsaturated/α-hetero) is 1. The van der Waals surface area contributed by atoms with Gasteiger partial charge in [0.05, 0.1) is 6.04 Å². The Morgan fingerprint density at radius 2 is 1.92 bits per heavy atom. The van der Waals surface area contributed by atoms with Crippen LogP contribution < -0.4 is 11.1 Å². The van der Waals surface area contributed by atoms with E-state index in [1.54, 1.807) is 7.05 Å². The van der Waals surface area contributed by atoms with Crippen molar-refractivity contribution in [2.24, 2.45) is 11.7 Å². The number of nitrogens with one attached hydrogen (secondary N) is 1. The van der Waals surface area contributed by atoms with Crippen LogP contribution in [0.2, 0.25) is 0 Å². The molecule has 0 unspecified atom stereocenters. The van der Waals surface area contributed by atoms with Crippen LogP contribution in [-0.4, -0.2) is 24.8 Å². The van der Waals surface area contributed by atoms with Crippen LogP contribution in [0.1, 0.15) is 26.7 Å². The summed E-state index contributed by atoms with van der Waals surface area (Å²) in [6.45, 7) is 3.69. The molecule has 0 bridgehead atoms. The minimum absolute atomic E-state index is 0.00896. The van der Waals surface area contributed by atoms with Gasteiger partial charge in [-0.05, 0) is 13.5 Å². The summed E-state index contributed by atoms with van der Waals surface area (Å²) in [5.41, 5.74) is 4.99. The number of nitrogens with two attached hydrogens (primary N) is 1. The van der Waals surface area contributed by atoms with Gasteiger partial charge in [0.25, 0.3) is 0 Å². The quantitative estimate of drug-likeness (QED) is 0.616. The molecule has 4 heteroatoms. The van der Waals surface area contributed by atoms with Crippen molar-refractivity contribution in [3.05, 3.63) is 0 Å². The highest BCUT2D eigenvalue weighted by molar-refractivity contribution is 5.86. The molecule has 0 aliphatic carbocycles. The maximum atomic E-state index is 11.5. The monoisotopic (exact) mass is 186 g/mol. The van der Waals surface area contributed by atoms with Gasteiger partial charge in [-0.2, -0.15) is 0 Å². The Bertz CT molecular complexity index is 190. The average Bonchev–Trinajstić information content (AvgIpc) is 2.04. The fourth-order valence-electron chi connectivity index (χ4n) is 1.12. The van der Waals surface area contributed by atoms with Gasteiger partial charge in [0.2, 0.25) is 5.91 Å². The Morgan fingerprint density at radius 1 is 1.38 bits per heavy atom. The number of carbonyl (C=O) groups excluding carboxylic acids is 2. The molecule has 13 heavy (non-hydrogen) atoms. The maximum absolute atomic E-state index is 11.5. The molecule has 0 aromatic rings. The molecule has 0 saturated heterocycles. The number of primary amides is 1. The van der Waals surface area contributed by atoms with E-state index in [4.69, 9.17) is 5.73 Å². The summed E-state index contributed by atoms with van der Waals surface area (Å²) in [4.78, 5) is 22.0. The van der Waals surface area contributed by atoms with E-state index in [1.165, 1.54) is 0 Å². The van der Waals surface area contributed by atoms with E-state index in [2.05, 4.69) is 5.32 Å². The van der Waals surface area contributed by atoms with Crippen LogP contribution in [0.25, 0.3) is 0 Å². The van der Waals surface area contributed by atoms with Crippen LogP contribution >= 0.6 is 0 Å². The predicted molar refractivity (Wildman–Crippen MR) is 51.1 cm³/mol. The van der Waals surface area contributed by atoms with E-state index < -0.39 is 0 Å². The second kappa shape index (κ2) is 5.70. The highest BCUT2D eigenvalue weighted by atomic mass is 16.1. The Morgan fingerprint density at radius 3 is 2.23 bits per heavy atom. The number of hydrogen-bond acceptors (Lipinski definition) is 3. The predicted octanol–water partition coefficient (Wildman–Crippen LogP) is 0.0650. The van der Waals surface area contributed by atoms with Crippen molar-refractivity contribution in [3.8, 4) is 0 Å². The molecule has 1 atom stereocenters. The summed E-state index contributed by atoms with van der Waals surface area (Å²) in [6.07, 6.45) is 0.743. The van der Waals surface area contributed by atoms with Crippen LogP contribution in [0.5, 0.6) is 0 Å². The largest absolute Gasteiger partial charge is 0.370 e. The van der Waals surface area contributed by atoms with Crippen LogP contribution in [0, 0.1) is 5.92 Å². The number of hydrogen-bond donors (Lipinski definition) is 2. The molecular formula is C9H18N2O2. The minimum atomic E-state index is -0.364. The van der Waals surface area contributed by atoms with E-state index in [0.717, 1.165) is 0 Å². The van der Waals surface area contributed by atoms with Gasteiger partial charge < -0.3 is 11.1 Å². The lowest BCUT2D eigenvalue weighted by Gasteiger charge is -2.15. The first-order valence-corrected chi connectivity index (χ1v) is 4.48. The second-order valence-corrected chi connectivity index (χ2v) is 3.40. The summed E-state index contributed by atoms with van der Waals surface area (Å²) in [5, 5.41) is 2.88. The highest BCUT2D eigenvalue weighted by Crippen LogP contribution is 2.05. The third-order valence-corrected chi connectivity index (χ3v) is 1.94. The third kappa shape index (κ3) is 4.62. The molecule has 0 spiro atoms. The Balaban J connectivity index is 4.02. The van der Waals surface area contributed by atoms with Crippen molar-refractivity contribution in [1.82, 2.24) is 5.32 Å². The molecule has 0 aliphatic heterocycles. The van der Waals surface area contributed by atoms with Gasteiger partial charge in [0.1, 0.15) is 0 Å². The van der Waals surface area contributed by atoms with Crippen LogP contribution in [0.15, 0.2) is 0 Å². The standard InChI is InChI=1S/C9H18N2O2/c1-6(2)9(13)7(11-3)4-5-8(10)12/h6-7,11H,4-5H2,1-3H3,(H2,10,12)/t7-/m0/s1. The second-order valence-electron chi connectivity index (χ2n) is 3.40. The molecule has 0 rings (SSSR count). The highest BCUT2D eigenvalue weighted by Gasteiger charge is 2.19. The smallest absolute Gasteiger partial charge is 0.217 e. The normalized spacial score (nSPS) is 12.9. The fourth-order valence-corrected chi connectivity index (χ4v) is 1.12.